The fraction of sp³-hybridized carbons (Fsp3) is 0.263. The van der Waals surface area contributed by atoms with E-state index in [0.717, 1.165) is 11.1 Å². The number of rotatable bonds is 5. The molecule has 0 radical (unpaired) electrons. The van der Waals surface area contributed by atoms with Crippen LogP contribution in [-0.4, -0.2) is 30.7 Å². The van der Waals surface area contributed by atoms with E-state index in [0.29, 0.717) is 0 Å². The molecule has 5 heteroatoms. The summed E-state index contributed by atoms with van der Waals surface area (Å²) in [7, 11) is 0. The van der Waals surface area contributed by atoms with E-state index in [2.05, 4.69) is 34.9 Å². The third kappa shape index (κ3) is 3.56. The van der Waals surface area contributed by atoms with Gasteiger partial charge in [-0.25, -0.2) is 4.79 Å². The zero-order valence-corrected chi connectivity index (χ0v) is 13.4. The van der Waals surface area contributed by atoms with Gasteiger partial charge in [-0.3, -0.25) is 4.79 Å². The number of hydrogen-bond donors (Lipinski definition) is 2. The highest BCUT2D eigenvalue weighted by Crippen LogP contribution is 2.28. The van der Waals surface area contributed by atoms with Crippen molar-refractivity contribution >= 4 is 12.0 Å². The number of nitrogens with one attached hydrogen (secondary N) is 2. The second kappa shape index (κ2) is 7.17. The molecule has 1 fully saturated rings. The molecule has 5 nitrogen and oxygen atoms in total. The molecule has 1 heterocycles. The van der Waals surface area contributed by atoms with Gasteiger partial charge in [-0.15, -0.1) is 0 Å². The Morgan fingerprint density at radius 2 is 1.62 bits per heavy atom. The second-order valence-corrected chi connectivity index (χ2v) is 5.89. The minimum absolute atomic E-state index is 0.0226. The van der Waals surface area contributed by atoms with Crippen LogP contribution in [-0.2, 0) is 9.53 Å². The lowest BCUT2D eigenvalue weighted by Crippen LogP contribution is -2.47. The molecular weight excluding hydrogens is 304 g/mol. The Morgan fingerprint density at radius 1 is 1.08 bits per heavy atom. The highest BCUT2D eigenvalue weighted by molar-refractivity contribution is 5.88. The summed E-state index contributed by atoms with van der Waals surface area (Å²) in [5, 5.41) is 5.51. The van der Waals surface area contributed by atoms with Gasteiger partial charge in [-0.1, -0.05) is 60.7 Å². The van der Waals surface area contributed by atoms with E-state index >= 15 is 0 Å². The van der Waals surface area contributed by atoms with Crippen LogP contribution >= 0.6 is 0 Å². The lowest BCUT2D eigenvalue weighted by Gasteiger charge is -2.27. The molecule has 2 aromatic carbocycles. The Kier molecular flexibility index (Phi) is 4.79. The maximum atomic E-state index is 12.4. The van der Waals surface area contributed by atoms with Gasteiger partial charge in [-0.2, -0.15) is 0 Å². The van der Waals surface area contributed by atoms with Crippen LogP contribution in [0.15, 0.2) is 60.7 Å². The molecule has 0 aromatic heterocycles. The predicted molar refractivity (Wildman–Crippen MR) is 90.6 cm³/mol. The van der Waals surface area contributed by atoms with Gasteiger partial charge >= 0.3 is 6.09 Å². The van der Waals surface area contributed by atoms with Crippen LogP contribution in [0.5, 0.6) is 0 Å². The zero-order chi connectivity index (χ0) is 16.9. The number of alkyl carbamates (subject to hydrolysis) is 1. The molecule has 0 aliphatic carbocycles. The van der Waals surface area contributed by atoms with E-state index < -0.39 is 12.1 Å². The van der Waals surface area contributed by atoms with Gasteiger partial charge < -0.3 is 15.4 Å². The van der Waals surface area contributed by atoms with Gasteiger partial charge in [0.15, 0.2) is 0 Å². The van der Waals surface area contributed by atoms with E-state index in [4.69, 9.17) is 4.74 Å². The van der Waals surface area contributed by atoms with Crippen LogP contribution in [0.4, 0.5) is 4.79 Å². The molecule has 3 rings (SSSR count). The third-order valence-electron chi connectivity index (χ3n) is 4.18. The first-order valence-electron chi connectivity index (χ1n) is 7.98. The van der Waals surface area contributed by atoms with Crippen LogP contribution in [0, 0.1) is 0 Å². The smallest absolute Gasteiger partial charge is 0.407 e. The van der Waals surface area contributed by atoms with Crippen LogP contribution in [0.25, 0.3) is 0 Å². The first-order chi connectivity index (χ1) is 11.6. The average molecular weight is 324 g/mol. The van der Waals surface area contributed by atoms with Crippen molar-refractivity contribution in [2.75, 3.05) is 6.61 Å². The molecular formula is C19H20N2O3. The molecule has 2 N–H and O–H groups in total. The normalized spacial score (nSPS) is 17.9. The van der Waals surface area contributed by atoms with Crippen molar-refractivity contribution in [1.29, 1.82) is 0 Å². The Labute approximate surface area is 141 Å². The summed E-state index contributed by atoms with van der Waals surface area (Å²) in [5.74, 6) is -0.209. The van der Waals surface area contributed by atoms with Crippen molar-refractivity contribution < 1.29 is 14.3 Å². The molecule has 0 saturated carbocycles. The maximum Gasteiger partial charge on any atom is 0.407 e. The van der Waals surface area contributed by atoms with Gasteiger partial charge in [0.05, 0.1) is 0 Å². The molecule has 0 spiro atoms. The van der Waals surface area contributed by atoms with E-state index in [1.165, 1.54) is 0 Å². The van der Waals surface area contributed by atoms with Gasteiger partial charge in [0, 0.05) is 12.0 Å². The number of carbonyl (C=O) groups is 2. The molecule has 0 bridgehead atoms. The van der Waals surface area contributed by atoms with E-state index in [1.807, 2.05) is 43.3 Å². The molecule has 1 aliphatic rings. The zero-order valence-electron chi connectivity index (χ0n) is 13.4. The first kappa shape index (κ1) is 16.1. The number of benzene rings is 2. The summed E-state index contributed by atoms with van der Waals surface area (Å²) < 4.78 is 4.79. The van der Waals surface area contributed by atoms with E-state index in [9.17, 15) is 9.59 Å². The number of ether oxygens (including phenoxy) is 1. The Hall–Kier alpha value is -2.82. The van der Waals surface area contributed by atoms with Crippen molar-refractivity contribution in [3.63, 3.8) is 0 Å². The summed E-state index contributed by atoms with van der Waals surface area (Å²) in [6, 6.07) is 19.4. The highest BCUT2D eigenvalue weighted by Gasteiger charge is 2.31. The molecule has 124 valence electrons. The molecule has 2 aromatic rings. The monoisotopic (exact) mass is 324 g/mol. The Balaban J connectivity index is 1.80. The average Bonchev–Trinajstić information content (AvgIpc) is 3.04. The van der Waals surface area contributed by atoms with Gasteiger partial charge in [0.1, 0.15) is 12.6 Å². The SMILES string of the molecule is CC(NC(=O)[C@H]1COC(=O)N1)C(c1ccccc1)c1ccccc1. The van der Waals surface area contributed by atoms with Crippen molar-refractivity contribution in [2.45, 2.75) is 24.9 Å². The topological polar surface area (TPSA) is 67.4 Å². The summed E-state index contributed by atoms with van der Waals surface area (Å²) in [6.45, 7) is 2.04. The molecule has 24 heavy (non-hydrogen) atoms. The fourth-order valence-electron chi connectivity index (χ4n) is 3.02. The standard InChI is InChI=1S/C19H20N2O3/c1-13(20-18(22)16-12-24-19(23)21-16)17(14-8-4-2-5-9-14)15-10-6-3-7-11-15/h2-11,13,16-17H,12H2,1H3,(H,20,22)(H,21,23)/t13?,16-/m1/s1. The minimum atomic E-state index is -0.632. The first-order valence-corrected chi connectivity index (χ1v) is 7.98. The maximum absolute atomic E-state index is 12.4. The van der Waals surface area contributed by atoms with Crippen LogP contribution in [0.1, 0.15) is 24.0 Å². The second-order valence-electron chi connectivity index (χ2n) is 5.89. The third-order valence-corrected chi connectivity index (χ3v) is 4.18. The van der Waals surface area contributed by atoms with Crippen molar-refractivity contribution in [1.82, 2.24) is 10.6 Å². The quantitative estimate of drug-likeness (QED) is 0.887. The fourth-order valence-corrected chi connectivity index (χ4v) is 3.02. The summed E-state index contributed by atoms with van der Waals surface area (Å²) in [6.07, 6.45) is -0.550. The number of cyclic esters (lactones) is 1. The molecule has 2 atom stereocenters. The summed E-state index contributed by atoms with van der Waals surface area (Å²) >= 11 is 0. The van der Waals surface area contributed by atoms with E-state index in [1.54, 1.807) is 0 Å². The molecule has 2 amide bonds. The molecule has 1 saturated heterocycles. The number of hydrogen-bond acceptors (Lipinski definition) is 3. The van der Waals surface area contributed by atoms with Gasteiger partial charge in [0.25, 0.3) is 0 Å². The minimum Gasteiger partial charge on any atom is -0.447 e. The summed E-state index contributed by atoms with van der Waals surface area (Å²) in [5.41, 5.74) is 2.26. The Morgan fingerprint density at radius 3 is 2.08 bits per heavy atom. The van der Waals surface area contributed by atoms with Crippen LogP contribution in [0.2, 0.25) is 0 Å². The lowest BCUT2D eigenvalue weighted by atomic mass is 9.85. The van der Waals surface area contributed by atoms with Crippen LogP contribution in [0.3, 0.4) is 0 Å². The van der Waals surface area contributed by atoms with E-state index in [-0.39, 0.29) is 24.5 Å². The van der Waals surface area contributed by atoms with Crippen LogP contribution < -0.4 is 10.6 Å². The Bertz CT molecular complexity index is 664. The van der Waals surface area contributed by atoms with Crippen molar-refractivity contribution in [3.8, 4) is 0 Å². The summed E-state index contributed by atoms with van der Waals surface area (Å²) in [4.78, 5) is 23.5. The number of carbonyl (C=O) groups excluding carboxylic acids is 2. The van der Waals surface area contributed by atoms with Crippen molar-refractivity contribution in [3.05, 3.63) is 71.8 Å². The molecule has 1 aliphatic heterocycles. The van der Waals surface area contributed by atoms with Gasteiger partial charge in [0.2, 0.25) is 5.91 Å². The lowest BCUT2D eigenvalue weighted by molar-refractivity contribution is -0.123. The van der Waals surface area contributed by atoms with Gasteiger partial charge in [-0.05, 0) is 18.1 Å². The predicted octanol–water partition coefficient (Wildman–Crippen LogP) is 2.43. The van der Waals surface area contributed by atoms with Crippen molar-refractivity contribution in [2.24, 2.45) is 0 Å². The number of amides is 2. The highest BCUT2D eigenvalue weighted by atomic mass is 16.6. The largest absolute Gasteiger partial charge is 0.447 e. The molecule has 1 unspecified atom stereocenters.